The van der Waals surface area contributed by atoms with Crippen LogP contribution in [0.2, 0.25) is 0 Å². The molecule has 0 unspecified atom stereocenters. The van der Waals surface area contributed by atoms with Crippen LogP contribution in [0, 0.1) is 12.3 Å². The van der Waals surface area contributed by atoms with Crippen LogP contribution in [0.5, 0.6) is 0 Å². The van der Waals surface area contributed by atoms with Gasteiger partial charge >= 0.3 is 5.97 Å². The van der Waals surface area contributed by atoms with E-state index in [-0.39, 0.29) is 18.9 Å². The fourth-order valence-electron chi connectivity index (χ4n) is 3.40. The Morgan fingerprint density at radius 2 is 1.93 bits per heavy atom. The summed E-state index contributed by atoms with van der Waals surface area (Å²) in [6.45, 7) is 0.276. The maximum absolute atomic E-state index is 12.8. The van der Waals surface area contributed by atoms with E-state index in [1.807, 2.05) is 47.0 Å². The smallest absolute Gasteiger partial charge is 0.337 e. The Morgan fingerprint density at radius 3 is 2.73 bits per heavy atom. The Balaban J connectivity index is 1.75. The highest BCUT2D eigenvalue weighted by molar-refractivity contribution is 7.16. The molecule has 0 spiro atoms. The summed E-state index contributed by atoms with van der Waals surface area (Å²) in [6, 6.07) is 19.1. The second kappa shape index (κ2) is 8.36. The minimum atomic E-state index is -0.417. The van der Waals surface area contributed by atoms with Gasteiger partial charge in [-0.05, 0) is 34.5 Å². The number of amides is 1. The molecule has 0 aliphatic carbocycles. The van der Waals surface area contributed by atoms with Gasteiger partial charge in [0.1, 0.15) is 0 Å². The molecule has 0 saturated heterocycles. The zero-order chi connectivity index (χ0) is 21.1. The normalized spacial score (nSPS) is 11.5. The number of hydrogen-bond acceptors (Lipinski definition) is 4. The van der Waals surface area contributed by atoms with Crippen molar-refractivity contribution in [3.63, 3.8) is 0 Å². The molecule has 0 fully saturated rings. The van der Waals surface area contributed by atoms with Crippen molar-refractivity contribution in [1.29, 1.82) is 0 Å². The van der Waals surface area contributed by atoms with E-state index in [1.54, 1.807) is 18.2 Å². The Bertz CT molecular complexity index is 1380. The Morgan fingerprint density at radius 1 is 1.13 bits per heavy atom. The number of terminal acetylenes is 1. The quantitative estimate of drug-likeness (QED) is 0.375. The van der Waals surface area contributed by atoms with Gasteiger partial charge in [0, 0.05) is 0 Å². The Labute approximate surface area is 177 Å². The van der Waals surface area contributed by atoms with Gasteiger partial charge in [-0.1, -0.05) is 59.7 Å². The molecule has 4 rings (SSSR count). The molecule has 0 radical (unpaired) electrons. The van der Waals surface area contributed by atoms with Crippen molar-refractivity contribution in [2.24, 2.45) is 4.99 Å². The average molecular weight is 414 g/mol. The fourth-order valence-corrected chi connectivity index (χ4v) is 4.49. The Hall–Kier alpha value is -3.69. The predicted octanol–water partition coefficient (Wildman–Crippen LogP) is 3.95. The molecule has 5 nitrogen and oxygen atoms in total. The van der Waals surface area contributed by atoms with Crippen LogP contribution in [-0.2, 0) is 22.5 Å². The van der Waals surface area contributed by atoms with E-state index in [4.69, 9.17) is 11.2 Å². The summed E-state index contributed by atoms with van der Waals surface area (Å²) >= 11 is 1.32. The number of methoxy groups -OCH3 is 1. The highest BCUT2D eigenvalue weighted by atomic mass is 32.1. The van der Waals surface area contributed by atoms with E-state index in [0.717, 1.165) is 26.6 Å². The molecule has 0 bridgehead atoms. The number of carbonyl (C=O) groups excluding carboxylic acids is 2. The van der Waals surface area contributed by atoms with Gasteiger partial charge in [-0.2, -0.15) is 4.99 Å². The molecule has 1 heterocycles. The summed E-state index contributed by atoms with van der Waals surface area (Å²) in [5, 5.41) is 2.13. The fraction of sp³-hybridized carbons (Fsp3) is 0.125. The number of fused-ring (bicyclic) bond motifs is 2. The van der Waals surface area contributed by atoms with Crippen LogP contribution in [-0.4, -0.2) is 23.6 Å². The van der Waals surface area contributed by atoms with Crippen LogP contribution in [0.4, 0.5) is 0 Å². The third kappa shape index (κ3) is 3.76. The lowest BCUT2D eigenvalue weighted by Crippen LogP contribution is -2.17. The van der Waals surface area contributed by atoms with Gasteiger partial charge in [-0.3, -0.25) is 4.79 Å². The van der Waals surface area contributed by atoms with Crippen molar-refractivity contribution in [2.75, 3.05) is 7.11 Å². The van der Waals surface area contributed by atoms with Crippen molar-refractivity contribution in [3.05, 3.63) is 76.6 Å². The minimum absolute atomic E-state index is 0.194. The molecule has 4 aromatic rings. The monoisotopic (exact) mass is 414 g/mol. The lowest BCUT2D eigenvalue weighted by molar-refractivity contribution is -0.117. The number of nitrogens with zero attached hydrogens (tertiary/aromatic N) is 2. The SMILES string of the molecule is C#CCn1c(=NC(=O)Cc2cccc3ccccc23)sc2cc(C(=O)OC)ccc21. The van der Waals surface area contributed by atoms with Crippen molar-refractivity contribution in [1.82, 2.24) is 4.57 Å². The van der Waals surface area contributed by atoms with Gasteiger partial charge < -0.3 is 9.30 Å². The number of benzene rings is 3. The molecule has 0 saturated carbocycles. The first-order chi connectivity index (χ1) is 14.6. The van der Waals surface area contributed by atoms with E-state index in [0.29, 0.717) is 10.4 Å². The van der Waals surface area contributed by atoms with Gasteiger partial charge in [0.25, 0.3) is 5.91 Å². The van der Waals surface area contributed by atoms with Crippen molar-refractivity contribution < 1.29 is 14.3 Å². The molecule has 0 atom stereocenters. The first-order valence-electron chi connectivity index (χ1n) is 9.30. The maximum Gasteiger partial charge on any atom is 0.337 e. The molecule has 6 heteroatoms. The van der Waals surface area contributed by atoms with Crippen molar-refractivity contribution in [2.45, 2.75) is 13.0 Å². The lowest BCUT2D eigenvalue weighted by atomic mass is 10.0. The lowest BCUT2D eigenvalue weighted by Gasteiger charge is -2.04. The largest absolute Gasteiger partial charge is 0.465 e. The van der Waals surface area contributed by atoms with Crippen LogP contribution in [0.25, 0.3) is 21.0 Å². The number of rotatable bonds is 4. The molecule has 1 amide bonds. The molecule has 0 aliphatic rings. The zero-order valence-corrected chi connectivity index (χ0v) is 17.1. The first kappa shape index (κ1) is 19.6. The molecule has 3 aromatic carbocycles. The number of carbonyl (C=O) groups is 2. The summed E-state index contributed by atoms with van der Waals surface area (Å²) in [5.41, 5.74) is 2.19. The number of ether oxygens (including phenoxy) is 1. The van der Waals surface area contributed by atoms with Gasteiger partial charge in [-0.25, -0.2) is 4.79 Å². The Kier molecular flexibility index (Phi) is 5.46. The molecule has 0 N–H and O–H groups in total. The second-order valence-corrected chi connectivity index (χ2v) is 7.68. The van der Waals surface area contributed by atoms with E-state index >= 15 is 0 Å². The van der Waals surface area contributed by atoms with E-state index in [9.17, 15) is 9.59 Å². The predicted molar refractivity (Wildman–Crippen MR) is 118 cm³/mol. The number of aromatic nitrogens is 1. The van der Waals surface area contributed by atoms with Gasteiger partial charge in [0.15, 0.2) is 4.80 Å². The van der Waals surface area contributed by atoms with Gasteiger partial charge in [0.2, 0.25) is 0 Å². The maximum atomic E-state index is 12.8. The molecule has 0 aliphatic heterocycles. The third-order valence-electron chi connectivity index (χ3n) is 4.80. The summed E-state index contributed by atoms with van der Waals surface area (Å²) in [5.74, 6) is 1.93. The highest BCUT2D eigenvalue weighted by Crippen LogP contribution is 2.21. The second-order valence-electron chi connectivity index (χ2n) is 6.67. The number of hydrogen-bond donors (Lipinski definition) is 0. The van der Waals surface area contributed by atoms with Crippen LogP contribution in [0.1, 0.15) is 15.9 Å². The average Bonchev–Trinajstić information content (AvgIpc) is 3.09. The zero-order valence-electron chi connectivity index (χ0n) is 16.3. The standard InChI is InChI=1S/C24H18N2O3S/c1-3-13-26-20-12-11-18(23(28)29-2)14-21(20)30-24(26)25-22(27)15-17-9-6-8-16-7-4-5-10-19(16)17/h1,4-12,14H,13,15H2,2H3. The molecule has 1 aromatic heterocycles. The summed E-state index contributed by atoms with van der Waals surface area (Å²) in [4.78, 5) is 29.5. The summed E-state index contributed by atoms with van der Waals surface area (Å²) in [6.07, 6.45) is 5.72. The van der Waals surface area contributed by atoms with Crippen LogP contribution < -0.4 is 4.80 Å². The van der Waals surface area contributed by atoms with Gasteiger partial charge in [0.05, 0.1) is 35.9 Å². The van der Waals surface area contributed by atoms with Crippen LogP contribution >= 0.6 is 11.3 Å². The van der Waals surface area contributed by atoms with E-state index in [1.165, 1.54) is 18.4 Å². The molecule has 148 valence electrons. The van der Waals surface area contributed by atoms with Gasteiger partial charge in [-0.15, -0.1) is 6.42 Å². The molecule has 30 heavy (non-hydrogen) atoms. The van der Waals surface area contributed by atoms with E-state index < -0.39 is 5.97 Å². The third-order valence-corrected chi connectivity index (χ3v) is 5.84. The number of esters is 1. The highest BCUT2D eigenvalue weighted by Gasteiger charge is 2.12. The van der Waals surface area contributed by atoms with Crippen molar-refractivity contribution >= 4 is 44.2 Å². The van der Waals surface area contributed by atoms with E-state index in [2.05, 4.69) is 10.9 Å². The minimum Gasteiger partial charge on any atom is -0.465 e. The summed E-state index contributed by atoms with van der Waals surface area (Å²) in [7, 11) is 1.34. The topological polar surface area (TPSA) is 60.7 Å². The molecular weight excluding hydrogens is 396 g/mol. The van der Waals surface area contributed by atoms with Crippen molar-refractivity contribution in [3.8, 4) is 12.3 Å². The molecular formula is C24H18N2O3S. The number of thiazole rings is 1. The first-order valence-corrected chi connectivity index (χ1v) is 10.1. The van der Waals surface area contributed by atoms with Crippen LogP contribution in [0.15, 0.2) is 65.7 Å². The van der Waals surface area contributed by atoms with Crippen LogP contribution in [0.3, 0.4) is 0 Å². The summed E-state index contributed by atoms with van der Waals surface area (Å²) < 4.78 is 7.40.